The zero-order chi connectivity index (χ0) is 18.0. The minimum atomic E-state index is -0.207. The Kier molecular flexibility index (Phi) is 5.25. The topological polar surface area (TPSA) is 50.8 Å². The number of carbonyl (C=O) groups excluding carboxylic acids is 1. The third-order valence-corrected chi connectivity index (χ3v) is 4.88. The first-order valence-corrected chi connectivity index (χ1v) is 8.55. The first-order chi connectivity index (χ1) is 12.0. The predicted octanol–water partition coefficient (Wildman–Crippen LogP) is 4.62. The Morgan fingerprint density at radius 1 is 1.24 bits per heavy atom. The quantitative estimate of drug-likeness (QED) is 0.841. The van der Waals surface area contributed by atoms with E-state index in [0.29, 0.717) is 22.3 Å². The Hall–Kier alpha value is -2.11. The summed E-state index contributed by atoms with van der Waals surface area (Å²) in [5.41, 5.74) is 1.73. The molecule has 0 saturated carbocycles. The van der Waals surface area contributed by atoms with Crippen LogP contribution < -0.4 is 14.8 Å². The number of benzene rings is 2. The fourth-order valence-electron chi connectivity index (χ4n) is 2.56. The van der Waals surface area contributed by atoms with Gasteiger partial charge in [0.1, 0.15) is 0 Å². The van der Waals surface area contributed by atoms with Crippen molar-refractivity contribution in [3.8, 4) is 11.5 Å². The second kappa shape index (κ2) is 7.42. The van der Waals surface area contributed by atoms with E-state index in [1.807, 2.05) is 37.3 Å². The average Bonchev–Trinajstić information content (AvgIpc) is 3.06. The molecule has 0 fully saturated rings. The van der Waals surface area contributed by atoms with E-state index in [4.69, 9.17) is 32.7 Å². The predicted molar refractivity (Wildman–Crippen MR) is 97.4 cm³/mol. The smallest absolute Gasteiger partial charge is 0.317 e. The van der Waals surface area contributed by atoms with Gasteiger partial charge in [-0.2, -0.15) is 0 Å². The standard InChI is InChI=1S/C18H18Cl2N2O3/c1-11(12-6-7-15-16(8-12)25-10-24-15)21-18(23)22(2)9-13-4-3-5-14(19)17(13)20/h3-8,11H,9-10H2,1-2H3,(H,21,23). The second-order valence-corrected chi connectivity index (χ2v) is 6.64. The van der Waals surface area contributed by atoms with Gasteiger partial charge in [0.2, 0.25) is 6.79 Å². The average molecular weight is 381 g/mol. The molecular weight excluding hydrogens is 363 g/mol. The molecule has 1 aliphatic heterocycles. The lowest BCUT2D eigenvalue weighted by molar-refractivity contribution is 0.174. The highest BCUT2D eigenvalue weighted by molar-refractivity contribution is 6.42. The maximum atomic E-state index is 12.4. The van der Waals surface area contributed by atoms with Gasteiger partial charge in [0.15, 0.2) is 11.5 Å². The summed E-state index contributed by atoms with van der Waals surface area (Å²) in [5.74, 6) is 1.41. The molecule has 5 nitrogen and oxygen atoms in total. The molecule has 0 spiro atoms. The Morgan fingerprint density at radius 3 is 2.80 bits per heavy atom. The highest BCUT2D eigenvalue weighted by atomic mass is 35.5. The number of fused-ring (bicyclic) bond motifs is 1. The van der Waals surface area contributed by atoms with Gasteiger partial charge in [-0.3, -0.25) is 0 Å². The van der Waals surface area contributed by atoms with Gasteiger partial charge in [0.25, 0.3) is 0 Å². The van der Waals surface area contributed by atoms with E-state index in [9.17, 15) is 4.79 Å². The minimum Gasteiger partial charge on any atom is -0.454 e. The van der Waals surface area contributed by atoms with E-state index in [1.54, 1.807) is 18.0 Å². The molecule has 0 aliphatic carbocycles. The molecule has 3 rings (SSSR count). The number of hydrogen-bond acceptors (Lipinski definition) is 3. The fraction of sp³-hybridized carbons (Fsp3) is 0.278. The third kappa shape index (κ3) is 3.94. The van der Waals surface area contributed by atoms with Crippen LogP contribution in [0.4, 0.5) is 4.79 Å². The summed E-state index contributed by atoms with van der Waals surface area (Å²) < 4.78 is 10.7. The van der Waals surface area contributed by atoms with Gasteiger partial charge in [-0.25, -0.2) is 4.79 Å². The van der Waals surface area contributed by atoms with E-state index in [1.165, 1.54) is 0 Å². The molecule has 2 aromatic rings. The van der Waals surface area contributed by atoms with E-state index >= 15 is 0 Å². The van der Waals surface area contributed by atoms with Crippen LogP contribution in [0.2, 0.25) is 10.0 Å². The lowest BCUT2D eigenvalue weighted by Gasteiger charge is -2.22. The van der Waals surface area contributed by atoms with Crippen LogP contribution in [0.3, 0.4) is 0 Å². The van der Waals surface area contributed by atoms with Crippen molar-refractivity contribution in [2.75, 3.05) is 13.8 Å². The van der Waals surface area contributed by atoms with Crippen LogP contribution in [-0.2, 0) is 6.54 Å². The molecule has 1 atom stereocenters. The number of hydrogen-bond donors (Lipinski definition) is 1. The number of ether oxygens (including phenoxy) is 2. The van der Waals surface area contributed by atoms with Gasteiger partial charge in [0, 0.05) is 13.6 Å². The van der Waals surface area contributed by atoms with E-state index in [-0.39, 0.29) is 18.9 Å². The Labute approximate surface area is 156 Å². The molecule has 7 heteroatoms. The van der Waals surface area contributed by atoms with Crippen molar-refractivity contribution in [3.05, 3.63) is 57.6 Å². The Bertz CT molecular complexity index is 798. The Morgan fingerprint density at radius 2 is 2.00 bits per heavy atom. The molecule has 0 saturated heterocycles. The maximum absolute atomic E-state index is 12.4. The molecule has 2 amide bonds. The minimum absolute atomic E-state index is 0.181. The molecule has 132 valence electrons. The van der Waals surface area contributed by atoms with Crippen molar-refractivity contribution in [2.45, 2.75) is 19.5 Å². The lowest BCUT2D eigenvalue weighted by Crippen LogP contribution is -2.38. The van der Waals surface area contributed by atoms with E-state index < -0.39 is 0 Å². The molecule has 2 aromatic carbocycles. The highest BCUT2D eigenvalue weighted by Gasteiger charge is 2.18. The monoisotopic (exact) mass is 380 g/mol. The molecule has 0 aromatic heterocycles. The zero-order valence-electron chi connectivity index (χ0n) is 13.9. The first-order valence-electron chi connectivity index (χ1n) is 7.80. The number of amides is 2. The molecule has 25 heavy (non-hydrogen) atoms. The number of halogens is 2. The second-order valence-electron chi connectivity index (χ2n) is 5.85. The van der Waals surface area contributed by atoms with Crippen molar-refractivity contribution in [1.82, 2.24) is 10.2 Å². The van der Waals surface area contributed by atoms with Gasteiger partial charge in [-0.1, -0.05) is 41.4 Å². The number of carbonyl (C=O) groups is 1. The van der Waals surface area contributed by atoms with Crippen molar-refractivity contribution in [1.29, 1.82) is 0 Å². The maximum Gasteiger partial charge on any atom is 0.317 e. The third-order valence-electron chi connectivity index (χ3n) is 4.02. The Balaban J connectivity index is 1.63. The van der Waals surface area contributed by atoms with Gasteiger partial charge < -0.3 is 19.7 Å². The summed E-state index contributed by atoms with van der Waals surface area (Å²) in [7, 11) is 1.71. The van der Waals surface area contributed by atoms with Crippen LogP contribution in [0.25, 0.3) is 0 Å². The van der Waals surface area contributed by atoms with Gasteiger partial charge in [0.05, 0.1) is 16.1 Å². The normalized spacial score (nSPS) is 13.4. The van der Waals surface area contributed by atoms with Crippen LogP contribution in [0, 0.1) is 0 Å². The van der Waals surface area contributed by atoms with E-state index in [2.05, 4.69) is 5.32 Å². The van der Waals surface area contributed by atoms with Crippen molar-refractivity contribution in [3.63, 3.8) is 0 Å². The van der Waals surface area contributed by atoms with Crippen molar-refractivity contribution < 1.29 is 14.3 Å². The van der Waals surface area contributed by atoms with Gasteiger partial charge in [-0.15, -0.1) is 0 Å². The molecule has 0 bridgehead atoms. The summed E-state index contributed by atoms with van der Waals surface area (Å²) in [6, 6.07) is 10.6. The molecule has 1 aliphatic rings. The summed E-state index contributed by atoms with van der Waals surface area (Å²) >= 11 is 12.2. The summed E-state index contributed by atoms with van der Waals surface area (Å²) in [4.78, 5) is 14.0. The summed E-state index contributed by atoms with van der Waals surface area (Å²) in [6.45, 7) is 2.50. The molecule has 1 unspecified atom stereocenters. The summed E-state index contributed by atoms with van der Waals surface area (Å²) in [6.07, 6.45) is 0. The number of nitrogens with one attached hydrogen (secondary N) is 1. The molecule has 1 N–H and O–H groups in total. The largest absolute Gasteiger partial charge is 0.454 e. The molecule has 1 heterocycles. The van der Waals surface area contributed by atoms with Crippen LogP contribution in [0.5, 0.6) is 11.5 Å². The van der Waals surface area contributed by atoms with Gasteiger partial charge >= 0.3 is 6.03 Å². The van der Waals surface area contributed by atoms with Crippen LogP contribution in [-0.4, -0.2) is 24.8 Å². The van der Waals surface area contributed by atoms with Crippen LogP contribution in [0.15, 0.2) is 36.4 Å². The molecular formula is C18H18Cl2N2O3. The van der Waals surface area contributed by atoms with Crippen molar-refractivity contribution in [2.24, 2.45) is 0 Å². The van der Waals surface area contributed by atoms with E-state index in [0.717, 1.165) is 16.9 Å². The van der Waals surface area contributed by atoms with Crippen LogP contribution >= 0.6 is 23.2 Å². The first kappa shape index (κ1) is 17.7. The fourth-order valence-corrected chi connectivity index (χ4v) is 2.94. The SMILES string of the molecule is CC(NC(=O)N(C)Cc1cccc(Cl)c1Cl)c1ccc2c(c1)OCO2. The number of nitrogens with zero attached hydrogens (tertiary/aromatic N) is 1. The highest BCUT2D eigenvalue weighted by Crippen LogP contribution is 2.34. The lowest BCUT2D eigenvalue weighted by atomic mass is 10.1. The number of rotatable bonds is 4. The van der Waals surface area contributed by atoms with Crippen molar-refractivity contribution >= 4 is 29.2 Å². The van der Waals surface area contributed by atoms with Gasteiger partial charge in [-0.05, 0) is 36.2 Å². The summed E-state index contributed by atoms with van der Waals surface area (Å²) in [5, 5.41) is 3.90. The molecule has 0 radical (unpaired) electrons. The number of urea groups is 1. The van der Waals surface area contributed by atoms with Crippen LogP contribution in [0.1, 0.15) is 24.1 Å². The zero-order valence-corrected chi connectivity index (χ0v) is 15.4.